The Bertz CT molecular complexity index is 198. The van der Waals surface area contributed by atoms with Crippen LogP contribution < -0.4 is 5.73 Å². The van der Waals surface area contributed by atoms with E-state index in [-0.39, 0.29) is 10.7 Å². The molecule has 54 valence electrons. The number of hydrogen-bond donors (Lipinski definition) is 2. The molecule has 0 rings (SSSR count). The second-order valence-corrected chi connectivity index (χ2v) is 1.76. The third-order valence-electron chi connectivity index (χ3n) is 0.626. The minimum atomic E-state index is -0.0822. The summed E-state index contributed by atoms with van der Waals surface area (Å²) in [5.74, 6) is 0. The predicted octanol–water partition coefficient (Wildman–Crippen LogP) is -0.0584. The van der Waals surface area contributed by atoms with E-state index in [4.69, 9.17) is 10.8 Å². The van der Waals surface area contributed by atoms with Crippen LogP contribution in [-0.2, 0) is 4.79 Å². The number of aliphatic hydroxyl groups is 1. The standard InChI is InChI=1S/C5H6N2O2S/c6-5(10)7-1-4(2-8)3-9/h1-3,8H,(H2,6,10). The van der Waals surface area contributed by atoms with Crippen molar-refractivity contribution in [3.63, 3.8) is 0 Å². The number of allylic oxidation sites excluding steroid dienone is 1. The normalized spacial score (nSPS) is 11.8. The highest BCUT2D eigenvalue weighted by Crippen LogP contribution is 1.81. The van der Waals surface area contributed by atoms with Gasteiger partial charge in [0.2, 0.25) is 0 Å². The number of aliphatic imine (C=N–C) groups is 1. The molecule has 0 aliphatic rings. The lowest BCUT2D eigenvalue weighted by atomic mass is 10.4. The van der Waals surface area contributed by atoms with Gasteiger partial charge in [-0.25, -0.2) is 4.99 Å². The Labute approximate surface area is 63.1 Å². The van der Waals surface area contributed by atoms with Crippen LogP contribution in [0.5, 0.6) is 0 Å². The van der Waals surface area contributed by atoms with Gasteiger partial charge in [0, 0.05) is 6.21 Å². The molecule has 3 N–H and O–H groups in total. The number of aldehydes is 1. The zero-order chi connectivity index (χ0) is 7.98. The topological polar surface area (TPSA) is 75.7 Å². The molecule has 0 heterocycles. The molecular formula is C5H6N2O2S. The minimum absolute atomic E-state index is 0.0211. The van der Waals surface area contributed by atoms with Gasteiger partial charge < -0.3 is 10.8 Å². The van der Waals surface area contributed by atoms with Crippen molar-refractivity contribution >= 4 is 29.8 Å². The second kappa shape index (κ2) is 4.63. The van der Waals surface area contributed by atoms with E-state index in [2.05, 4.69) is 17.2 Å². The highest BCUT2D eigenvalue weighted by Gasteiger charge is 1.87. The Morgan fingerprint density at radius 1 is 1.70 bits per heavy atom. The van der Waals surface area contributed by atoms with Crippen molar-refractivity contribution < 1.29 is 9.90 Å². The van der Waals surface area contributed by atoms with E-state index in [1.165, 1.54) is 0 Å². The van der Waals surface area contributed by atoms with Gasteiger partial charge in [0.15, 0.2) is 11.4 Å². The van der Waals surface area contributed by atoms with Crippen molar-refractivity contribution in [2.24, 2.45) is 10.7 Å². The van der Waals surface area contributed by atoms with Crippen LogP contribution in [0.15, 0.2) is 16.8 Å². The molecule has 0 aromatic heterocycles. The maximum absolute atomic E-state index is 9.94. The second-order valence-electron chi connectivity index (χ2n) is 1.34. The molecule has 0 spiro atoms. The number of hydrogen-bond acceptors (Lipinski definition) is 3. The van der Waals surface area contributed by atoms with Crippen LogP contribution in [0.4, 0.5) is 0 Å². The molecule has 0 atom stereocenters. The van der Waals surface area contributed by atoms with E-state index in [9.17, 15) is 4.79 Å². The van der Waals surface area contributed by atoms with Crippen LogP contribution in [0.3, 0.4) is 0 Å². The third-order valence-corrected chi connectivity index (χ3v) is 0.731. The number of aliphatic hydroxyl groups excluding tert-OH is 1. The molecule has 0 saturated heterocycles. The van der Waals surface area contributed by atoms with Crippen LogP contribution in [0.2, 0.25) is 0 Å². The third kappa shape index (κ3) is 3.73. The van der Waals surface area contributed by atoms with E-state index >= 15 is 0 Å². The molecule has 0 saturated carbocycles. The van der Waals surface area contributed by atoms with Crippen molar-refractivity contribution in [1.82, 2.24) is 0 Å². The summed E-state index contributed by atoms with van der Waals surface area (Å²) in [6.07, 6.45) is 2.13. The van der Waals surface area contributed by atoms with Crippen molar-refractivity contribution in [2.75, 3.05) is 0 Å². The smallest absolute Gasteiger partial charge is 0.190 e. The van der Waals surface area contributed by atoms with Gasteiger partial charge >= 0.3 is 0 Å². The van der Waals surface area contributed by atoms with E-state index in [1.807, 2.05) is 0 Å². The molecule has 4 nitrogen and oxygen atoms in total. The van der Waals surface area contributed by atoms with E-state index in [1.54, 1.807) is 0 Å². The molecule has 0 radical (unpaired) electrons. The molecule has 5 heteroatoms. The van der Waals surface area contributed by atoms with Crippen LogP contribution in [0.25, 0.3) is 0 Å². The summed E-state index contributed by atoms with van der Waals surface area (Å²) < 4.78 is 0. The molecule has 0 fully saturated rings. The van der Waals surface area contributed by atoms with Crippen LogP contribution >= 0.6 is 12.2 Å². The largest absolute Gasteiger partial charge is 0.515 e. The number of rotatable bonds is 2. The number of thiocarbonyl (C=S) groups is 1. The van der Waals surface area contributed by atoms with E-state index in [0.717, 1.165) is 6.21 Å². The summed E-state index contributed by atoms with van der Waals surface area (Å²) in [5, 5.41) is 8.19. The summed E-state index contributed by atoms with van der Waals surface area (Å²) in [4.78, 5) is 13.3. The highest BCUT2D eigenvalue weighted by atomic mass is 32.1. The van der Waals surface area contributed by atoms with E-state index < -0.39 is 0 Å². The SMILES string of the molecule is NC(=S)N=CC(C=O)=CO. The quantitative estimate of drug-likeness (QED) is 0.194. The summed E-state index contributed by atoms with van der Waals surface area (Å²) in [6, 6.07) is 0. The zero-order valence-electron chi connectivity index (χ0n) is 5.02. The fraction of sp³-hybridized carbons (Fsp3) is 0. The molecule has 0 unspecified atom stereocenters. The summed E-state index contributed by atoms with van der Waals surface area (Å²) in [5.41, 5.74) is 4.98. The molecular weight excluding hydrogens is 152 g/mol. The lowest BCUT2D eigenvalue weighted by Gasteiger charge is -1.84. The van der Waals surface area contributed by atoms with Gasteiger partial charge in [-0.05, 0) is 12.2 Å². The lowest BCUT2D eigenvalue weighted by molar-refractivity contribution is -0.104. The maximum atomic E-state index is 9.94. The van der Waals surface area contributed by atoms with Gasteiger partial charge in [0.25, 0.3) is 0 Å². The average Bonchev–Trinajstić information content (AvgIpc) is 1.90. The molecule has 10 heavy (non-hydrogen) atoms. The Kier molecular flexibility index (Phi) is 4.06. The predicted molar refractivity (Wildman–Crippen MR) is 42.1 cm³/mol. The van der Waals surface area contributed by atoms with Gasteiger partial charge in [-0.1, -0.05) is 0 Å². The maximum Gasteiger partial charge on any atom is 0.190 e. The number of carbonyl (C=O) groups is 1. The Morgan fingerprint density at radius 3 is 2.60 bits per heavy atom. The molecule has 0 aromatic rings. The van der Waals surface area contributed by atoms with Crippen molar-refractivity contribution in [2.45, 2.75) is 0 Å². The van der Waals surface area contributed by atoms with Crippen molar-refractivity contribution in [3.05, 3.63) is 11.8 Å². The van der Waals surface area contributed by atoms with Crippen LogP contribution in [0.1, 0.15) is 0 Å². The molecule has 0 aliphatic carbocycles. The van der Waals surface area contributed by atoms with Crippen molar-refractivity contribution in [3.8, 4) is 0 Å². The fourth-order valence-electron chi connectivity index (χ4n) is 0.232. The van der Waals surface area contributed by atoms with Gasteiger partial charge in [-0.2, -0.15) is 0 Å². The Hall–Kier alpha value is -1.23. The summed E-state index contributed by atoms with van der Waals surface area (Å²) in [7, 11) is 0. The first-order chi connectivity index (χ1) is 4.70. The molecule has 0 aliphatic heterocycles. The minimum Gasteiger partial charge on any atom is -0.515 e. The van der Waals surface area contributed by atoms with Gasteiger partial charge in [-0.3, -0.25) is 4.79 Å². The highest BCUT2D eigenvalue weighted by molar-refractivity contribution is 7.80. The Morgan fingerprint density at radius 2 is 2.30 bits per heavy atom. The number of carbonyl (C=O) groups excluding carboxylic acids is 1. The first-order valence-electron chi connectivity index (χ1n) is 2.33. The lowest BCUT2D eigenvalue weighted by Crippen LogP contribution is -2.04. The summed E-state index contributed by atoms with van der Waals surface area (Å²) >= 11 is 4.36. The van der Waals surface area contributed by atoms with Gasteiger partial charge in [-0.15, -0.1) is 0 Å². The zero-order valence-corrected chi connectivity index (χ0v) is 5.84. The van der Waals surface area contributed by atoms with Crippen LogP contribution in [0, 0.1) is 0 Å². The van der Waals surface area contributed by atoms with E-state index in [0.29, 0.717) is 12.5 Å². The summed E-state index contributed by atoms with van der Waals surface area (Å²) in [6.45, 7) is 0. The fourth-order valence-corrected chi connectivity index (χ4v) is 0.285. The first-order valence-corrected chi connectivity index (χ1v) is 2.74. The van der Waals surface area contributed by atoms with Gasteiger partial charge in [0.1, 0.15) is 0 Å². The van der Waals surface area contributed by atoms with Crippen molar-refractivity contribution in [1.29, 1.82) is 0 Å². The average molecular weight is 158 g/mol. The molecule has 0 aromatic carbocycles. The molecule has 0 bridgehead atoms. The Balaban J connectivity index is 4.11. The molecule has 0 amide bonds. The first kappa shape index (κ1) is 8.77. The monoisotopic (exact) mass is 158 g/mol. The number of nitrogens with two attached hydrogens (primary N) is 1. The number of nitrogens with zero attached hydrogens (tertiary/aromatic N) is 1. The van der Waals surface area contributed by atoms with Gasteiger partial charge in [0.05, 0.1) is 11.8 Å². The van der Waals surface area contributed by atoms with Crippen LogP contribution in [-0.4, -0.2) is 22.7 Å².